The number of esters is 2. The van der Waals surface area contributed by atoms with Gasteiger partial charge in [-0.1, -0.05) is 104 Å². The largest absolute Gasteiger partial charge is 0.756 e. The predicted molar refractivity (Wildman–Crippen MR) is 153 cm³/mol. The summed E-state index contributed by atoms with van der Waals surface area (Å²) in [7, 11) is 1.16. The molecule has 0 aromatic rings. The lowest BCUT2D eigenvalue weighted by atomic mass is 10.0. The topological polar surface area (TPSA) is 111 Å². The maximum absolute atomic E-state index is 12.3. The monoisotopic (exact) mass is 579 g/mol. The van der Waals surface area contributed by atoms with Crippen LogP contribution in [-0.4, -0.2) is 70.0 Å². The molecule has 0 rings (SSSR count). The first-order valence-corrected chi connectivity index (χ1v) is 16.7. The summed E-state index contributed by atoms with van der Waals surface area (Å²) in [6, 6.07) is 0. The molecule has 0 amide bonds. The number of hydrogen-bond acceptors (Lipinski definition) is 8. The van der Waals surface area contributed by atoms with Gasteiger partial charge in [-0.3, -0.25) is 14.2 Å². The highest BCUT2D eigenvalue weighted by atomic mass is 31.2. The Kier molecular flexibility index (Phi) is 23.1. The highest BCUT2D eigenvalue weighted by molar-refractivity contribution is 7.45. The fraction of sp³-hybridized carbons (Fsp3) is 0.931. The maximum atomic E-state index is 12.3. The number of likely N-dealkylation sites (N-methyl/N-ethyl adjacent to an activating group) is 1. The number of ether oxygens (including phenoxy) is 2. The van der Waals surface area contributed by atoms with Crippen LogP contribution in [0, 0.1) is 0 Å². The van der Waals surface area contributed by atoms with E-state index in [1.165, 1.54) is 77.0 Å². The highest BCUT2D eigenvalue weighted by Crippen LogP contribution is 2.38. The van der Waals surface area contributed by atoms with Gasteiger partial charge in [0, 0.05) is 12.8 Å². The summed E-state index contributed by atoms with van der Waals surface area (Å²) >= 11 is 0. The van der Waals surface area contributed by atoms with E-state index in [0.717, 1.165) is 12.8 Å². The zero-order valence-corrected chi connectivity index (χ0v) is 26.5. The zero-order chi connectivity index (χ0) is 29.4. The van der Waals surface area contributed by atoms with Crippen molar-refractivity contribution in [3.8, 4) is 0 Å². The Morgan fingerprint density at radius 2 is 1.21 bits per heavy atom. The summed E-state index contributed by atoms with van der Waals surface area (Å²) in [6.45, 7) is 3.61. The molecule has 0 radical (unpaired) electrons. The normalized spacial score (nSPS) is 14.1. The quantitative estimate of drug-likeness (QED) is 0.0481. The lowest BCUT2D eigenvalue weighted by molar-refractivity contribution is -0.870. The summed E-state index contributed by atoms with van der Waals surface area (Å²) in [4.78, 5) is 35.9. The SMILES string of the molecule is CCCCCCCCCCCCCCCCCC(=O)OC(COC(=O)CC)COP(=O)([O-])OCC[N+](C)(C)C. The van der Waals surface area contributed by atoms with Crippen LogP contribution in [0.25, 0.3) is 0 Å². The molecule has 0 N–H and O–H groups in total. The summed E-state index contributed by atoms with van der Waals surface area (Å²) in [5, 5.41) is 0. The van der Waals surface area contributed by atoms with Crippen LogP contribution >= 0.6 is 7.82 Å². The molecule has 0 saturated carbocycles. The fourth-order valence-electron chi connectivity index (χ4n) is 3.93. The molecular weight excluding hydrogens is 521 g/mol. The van der Waals surface area contributed by atoms with Crippen molar-refractivity contribution in [2.75, 3.05) is 47.5 Å². The molecule has 10 heteroatoms. The molecular formula is C29H58NO8P. The predicted octanol–water partition coefficient (Wildman–Crippen LogP) is 6.32. The number of unbranched alkanes of at least 4 members (excludes halogenated alkanes) is 14. The number of carbonyl (C=O) groups excluding carboxylic acids is 2. The highest BCUT2D eigenvalue weighted by Gasteiger charge is 2.21. The minimum Gasteiger partial charge on any atom is -0.756 e. The Labute approximate surface area is 238 Å². The van der Waals surface area contributed by atoms with Gasteiger partial charge in [0.25, 0.3) is 7.82 Å². The molecule has 0 heterocycles. The van der Waals surface area contributed by atoms with Gasteiger partial charge in [-0.25, -0.2) is 0 Å². The van der Waals surface area contributed by atoms with Gasteiger partial charge in [0.1, 0.15) is 19.8 Å². The first kappa shape index (κ1) is 38.0. The first-order valence-electron chi connectivity index (χ1n) is 15.2. The second-order valence-corrected chi connectivity index (χ2v) is 12.8. The van der Waals surface area contributed by atoms with Gasteiger partial charge in [0.15, 0.2) is 6.10 Å². The Hall–Kier alpha value is -0.990. The molecule has 0 aromatic heterocycles. The molecule has 0 saturated heterocycles. The standard InChI is InChI=1S/C29H58NO8P/c1-6-8-9-10-11-12-13-14-15-16-17-18-19-20-21-22-29(32)38-27(25-35-28(31)7-2)26-37-39(33,34)36-24-23-30(3,4)5/h27H,6-26H2,1-5H3. The van der Waals surface area contributed by atoms with Gasteiger partial charge in [0.2, 0.25) is 0 Å². The van der Waals surface area contributed by atoms with Gasteiger partial charge in [0.05, 0.1) is 27.7 Å². The van der Waals surface area contributed by atoms with Gasteiger partial charge < -0.3 is 27.9 Å². The molecule has 0 fully saturated rings. The van der Waals surface area contributed by atoms with Crippen molar-refractivity contribution in [2.24, 2.45) is 0 Å². The second kappa shape index (κ2) is 23.7. The third-order valence-corrected chi connectivity index (χ3v) is 7.40. The van der Waals surface area contributed by atoms with Crippen LogP contribution in [-0.2, 0) is 32.7 Å². The molecule has 0 bridgehead atoms. The Bertz CT molecular complexity index is 668. The fourth-order valence-corrected chi connectivity index (χ4v) is 4.66. The second-order valence-electron chi connectivity index (χ2n) is 11.4. The smallest absolute Gasteiger partial charge is 0.306 e. The maximum Gasteiger partial charge on any atom is 0.306 e. The lowest BCUT2D eigenvalue weighted by Crippen LogP contribution is -2.37. The van der Waals surface area contributed by atoms with Crippen molar-refractivity contribution in [1.82, 2.24) is 0 Å². The zero-order valence-electron chi connectivity index (χ0n) is 25.6. The molecule has 2 unspecified atom stereocenters. The van der Waals surface area contributed by atoms with Crippen LogP contribution < -0.4 is 4.89 Å². The van der Waals surface area contributed by atoms with Crippen LogP contribution in [0.15, 0.2) is 0 Å². The van der Waals surface area contributed by atoms with Crippen molar-refractivity contribution in [3.05, 3.63) is 0 Å². The van der Waals surface area contributed by atoms with E-state index < -0.39 is 32.5 Å². The number of rotatable bonds is 27. The van der Waals surface area contributed by atoms with Crippen molar-refractivity contribution < 1.29 is 42.1 Å². The van der Waals surface area contributed by atoms with Crippen molar-refractivity contribution in [1.29, 1.82) is 0 Å². The summed E-state index contributed by atoms with van der Waals surface area (Å²) in [6.07, 6.45) is 18.0. The van der Waals surface area contributed by atoms with Gasteiger partial charge in [-0.2, -0.15) is 0 Å². The Morgan fingerprint density at radius 1 is 0.718 bits per heavy atom. The molecule has 0 aliphatic carbocycles. The van der Waals surface area contributed by atoms with Crippen LogP contribution in [0.3, 0.4) is 0 Å². The van der Waals surface area contributed by atoms with Crippen molar-refractivity contribution in [2.45, 2.75) is 129 Å². The molecule has 232 valence electrons. The molecule has 39 heavy (non-hydrogen) atoms. The number of phosphoric ester groups is 1. The minimum atomic E-state index is -4.58. The van der Waals surface area contributed by atoms with E-state index in [0.29, 0.717) is 17.4 Å². The van der Waals surface area contributed by atoms with Gasteiger partial charge >= 0.3 is 11.9 Å². The molecule has 0 spiro atoms. The van der Waals surface area contributed by atoms with E-state index >= 15 is 0 Å². The third kappa shape index (κ3) is 27.0. The summed E-state index contributed by atoms with van der Waals surface area (Å²) in [5.74, 6) is -0.930. The Balaban J connectivity index is 4.08. The number of carbonyl (C=O) groups is 2. The van der Waals surface area contributed by atoms with Gasteiger partial charge in [-0.05, 0) is 6.42 Å². The molecule has 0 aliphatic rings. The lowest BCUT2D eigenvalue weighted by Gasteiger charge is -2.28. The van der Waals surface area contributed by atoms with Crippen molar-refractivity contribution in [3.63, 3.8) is 0 Å². The molecule has 0 aliphatic heterocycles. The average Bonchev–Trinajstić information content (AvgIpc) is 2.86. The van der Waals surface area contributed by atoms with E-state index in [2.05, 4.69) is 6.92 Å². The number of nitrogens with zero attached hydrogens (tertiary/aromatic N) is 1. The third-order valence-electron chi connectivity index (χ3n) is 6.43. The van der Waals surface area contributed by atoms with E-state index in [-0.39, 0.29) is 26.1 Å². The molecule has 0 aromatic carbocycles. The van der Waals surface area contributed by atoms with Crippen LogP contribution in [0.2, 0.25) is 0 Å². The van der Waals surface area contributed by atoms with Crippen LogP contribution in [0.1, 0.15) is 123 Å². The van der Waals surface area contributed by atoms with Crippen LogP contribution in [0.5, 0.6) is 0 Å². The van der Waals surface area contributed by atoms with Gasteiger partial charge in [-0.15, -0.1) is 0 Å². The van der Waals surface area contributed by atoms with E-state index in [4.69, 9.17) is 18.5 Å². The number of hydrogen-bond donors (Lipinski definition) is 0. The van der Waals surface area contributed by atoms with Crippen LogP contribution in [0.4, 0.5) is 0 Å². The number of phosphoric acid groups is 1. The van der Waals surface area contributed by atoms with Crippen molar-refractivity contribution >= 4 is 19.8 Å². The molecule has 9 nitrogen and oxygen atoms in total. The summed E-state index contributed by atoms with van der Waals surface area (Å²) in [5.41, 5.74) is 0. The first-order chi connectivity index (χ1) is 18.5. The molecule has 2 atom stereocenters. The minimum absolute atomic E-state index is 0.0290. The summed E-state index contributed by atoms with van der Waals surface area (Å²) < 4.78 is 32.8. The Morgan fingerprint density at radius 3 is 1.67 bits per heavy atom. The van der Waals surface area contributed by atoms with E-state index in [9.17, 15) is 19.0 Å². The van der Waals surface area contributed by atoms with E-state index in [1.54, 1.807) is 6.92 Å². The average molecular weight is 580 g/mol. The number of quaternary nitrogens is 1. The van der Waals surface area contributed by atoms with E-state index in [1.807, 2.05) is 21.1 Å².